The van der Waals surface area contributed by atoms with Crippen molar-refractivity contribution in [3.8, 4) is 0 Å². The highest BCUT2D eigenvalue weighted by Crippen LogP contribution is 2.29. The smallest absolute Gasteiger partial charge is 0.391 e. The molecule has 0 aliphatic carbocycles. The fraction of sp³-hybridized carbons (Fsp3) is 0.857. The minimum absolute atomic E-state index is 0. The Morgan fingerprint density at radius 2 is 1.87 bits per heavy atom. The molecule has 0 aliphatic rings. The molecule has 4 nitrogen and oxygen atoms in total. The summed E-state index contributed by atoms with van der Waals surface area (Å²) in [6, 6.07) is -1.68. The van der Waals surface area contributed by atoms with Crippen LogP contribution in [0.2, 0.25) is 0 Å². The van der Waals surface area contributed by atoms with Crippen molar-refractivity contribution in [2.24, 2.45) is 11.7 Å². The van der Waals surface area contributed by atoms with E-state index in [-0.39, 0.29) is 12.4 Å². The molecule has 8 heteroatoms. The first kappa shape index (κ1) is 16.9. The average Bonchev–Trinajstić information content (AvgIpc) is 2.00. The lowest BCUT2D eigenvalue weighted by Crippen LogP contribution is -2.43. The number of carboxylic acid groups (broad SMARTS) is 1. The molecule has 4 N–H and O–H groups in total. The summed E-state index contributed by atoms with van der Waals surface area (Å²) >= 11 is 0. The van der Waals surface area contributed by atoms with Gasteiger partial charge in [-0.15, -0.1) is 12.4 Å². The van der Waals surface area contributed by atoms with Crippen molar-refractivity contribution in [2.75, 3.05) is 0 Å². The van der Waals surface area contributed by atoms with E-state index in [0.29, 0.717) is 0 Å². The molecule has 0 fully saturated rings. The molecule has 0 saturated heterocycles. The summed E-state index contributed by atoms with van der Waals surface area (Å²) in [7, 11) is 0. The molecule has 0 aliphatic heterocycles. The number of aliphatic hydroxyl groups is 1. The summed E-state index contributed by atoms with van der Waals surface area (Å²) in [6.45, 7) is 0.859. The van der Waals surface area contributed by atoms with Crippen LogP contribution in [0.1, 0.15) is 13.3 Å². The Labute approximate surface area is 90.7 Å². The molecular weight excluding hydrogens is 239 g/mol. The summed E-state index contributed by atoms with van der Waals surface area (Å²) in [4.78, 5) is 10.2. The molecule has 0 aromatic heterocycles. The second-order valence-electron chi connectivity index (χ2n) is 3.11. The third-order valence-corrected chi connectivity index (χ3v) is 1.85. The normalized spacial score (nSPS) is 17.5. The predicted octanol–water partition coefficient (Wildman–Crippen LogP) is 0.769. The van der Waals surface area contributed by atoms with Crippen LogP contribution in [0.3, 0.4) is 0 Å². The number of carbonyl (C=O) groups is 1. The molecule has 0 spiro atoms. The molecule has 0 aromatic carbocycles. The lowest BCUT2D eigenvalue weighted by molar-refractivity contribution is -0.178. The first-order valence-corrected chi connectivity index (χ1v) is 3.89. The van der Waals surface area contributed by atoms with Gasteiger partial charge in [-0.1, -0.05) is 6.92 Å². The molecule has 0 heterocycles. The second-order valence-corrected chi connectivity index (χ2v) is 3.11. The number of hydrogen-bond acceptors (Lipinski definition) is 3. The Balaban J connectivity index is 0. The summed E-state index contributed by atoms with van der Waals surface area (Å²) < 4.78 is 35.9. The van der Waals surface area contributed by atoms with Gasteiger partial charge in [-0.3, -0.25) is 4.79 Å². The number of rotatable bonds is 4. The SMILES string of the molecule is CC(C[C@@H](O)[C@H](N)C(=O)O)C(F)(F)F.Cl. The molecule has 1 unspecified atom stereocenters. The highest BCUT2D eigenvalue weighted by molar-refractivity contribution is 5.85. The van der Waals surface area contributed by atoms with Crippen molar-refractivity contribution in [1.29, 1.82) is 0 Å². The van der Waals surface area contributed by atoms with Crippen LogP contribution in [0.4, 0.5) is 13.2 Å². The maximum absolute atomic E-state index is 12.0. The zero-order valence-electron chi connectivity index (χ0n) is 7.86. The van der Waals surface area contributed by atoms with Gasteiger partial charge in [0.15, 0.2) is 0 Å². The van der Waals surface area contributed by atoms with Gasteiger partial charge >= 0.3 is 12.1 Å². The Bertz CT molecular complexity index is 212. The number of aliphatic hydroxyl groups excluding tert-OH is 1. The number of hydrogen-bond donors (Lipinski definition) is 3. The zero-order valence-corrected chi connectivity index (χ0v) is 8.68. The third-order valence-electron chi connectivity index (χ3n) is 1.85. The summed E-state index contributed by atoms with van der Waals surface area (Å²) in [6.07, 6.45) is -6.85. The van der Waals surface area contributed by atoms with Crippen molar-refractivity contribution in [3.05, 3.63) is 0 Å². The minimum atomic E-state index is -4.45. The highest BCUT2D eigenvalue weighted by Gasteiger charge is 2.38. The van der Waals surface area contributed by atoms with E-state index in [1.54, 1.807) is 0 Å². The number of alkyl halides is 3. The molecule has 0 bridgehead atoms. The topological polar surface area (TPSA) is 83.5 Å². The Morgan fingerprint density at radius 3 is 2.13 bits per heavy atom. The van der Waals surface area contributed by atoms with Crippen LogP contribution in [0.5, 0.6) is 0 Å². The van der Waals surface area contributed by atoms with E-state index in [0.717, 1.165) is 6.92 Å². The first-order chi connectivity index (χ1) is 6.16. The molecule has 92 valence electrons. The third kappa shape index (κ3) is 5.81. The lowest BCUT2D eigenvalue weighted by atomic mass is 9.99. The monoisotopic (exact) mass is 251 g/mol. The molecule has 15 heavy (non-hydrogen) atoms. The quantitative estimate of drug-likeness (QED) is 0.689. The van der Waals surface area contributed by atoms with Gasteiger partial charge < -0.3 is 15.9 Å². The van der Waals surface area contributed by atoms with Gasteiger partial charge in [0.05, 0.1) is 12.0 Å². The van der Waals surface area contributed by atoms with Gasteiger partial charge in [0, 0.05) is 0 Å². The van der Waals surface area contributed by atoms with Crippen LogP contribution in [0.25, 0.3) is 0 Å². The maximum Gasteiger partial charge on any atom is 0.391 e. The van der Waals surface area contributed by atoms with Crippen molar-refractivity contribution in [2.45, 2.75) is 31.7 Å². The van der Waals surface area contributed by atoms with Crippen LogP contribution in [-0.2, 0) is 4.79 Å². The Kier molecular flexibility index (Phi) is 6.91. The Hall–Kier alpha value is -0.530. The number of halogens is 4. The largest absolute Gasteiger partial charge is 0.480 e. The van der Waals surface area contributed by atoms with Crippen LogP contribution in [0, 0.1) is 5.92 Å². The van der Waals surface area contributed by atoms with Crippen molar-refractivity contribution in [3.63, 3.8) is 0 Å². The molecule has 0 aromatic rings. The summed E-state index contributed by atoms with van der Waals surface area (Å²) in [5.74, 6) is -3.30. The van der Waals surface area contributed by atoms with Gasteiger partial charge in [-0.25, -0.2) is 0 Å². The van der Waals surface area contributed by atoms with Crippen LogP contribution in [0.15, 0.2) is 0 Å². The summed E-state index contributed by atoms with van der Waals surface area (Å²) in [5, 5.41) is 17.3. The van der Waals surface area contributed by atoms with Gasteiger partial charge in [0.2, 0.25) is 0 Å². The molecule has 0 rings (SSSR count). The van der Waals surface area contributed by atoms with Gasteiger partial charge in [0.25, 0.3) is 0 Å². The van der Waals surface area contributed by atoms with Crippen LogP contribution in [-0.4, -0.2) is 34.5 Å². The zero-order chi connectivity index (χ0) is 11.5. The van der Waals surface area contributed by atoms with Crippen molar-refractivity contribution < 1.29 is 28.2 Å². The van der Waals surface area contributed by atoms with E-state index in [4.69, 9.17) is 15.9 Å². The number of aliphatic carboxylic acids is 1. The second kappa shape index (κ2) is 6.14. The van der Waals surface area contributed by atoms with E-state index < -0.39 is 36.6 Å². The van der Waals surface area contributed by atoms with E-state index in [1.165, 1.54) is 0 Å². The fourth-order valence-electron chi connectivity index (χ4n) is 0.807. The molecule has 3 atom stereocenters. The highest BCUT2D eigenvalue weighted by atomic mass is 35.5. The van der Waals surface area contributed by atoms with Crippen molar-refractivity contribution >= 4 is 18.4 Å². The molecule has 0 radical (unpaired) electrons. The van der Waals surface area contributed by atoms with Gasteiger partial charge in [-0.2, -0.15) is 13.2 Å². The Morgan fingerprint density at radius 1 is 1.47 bits per heavy atom. The van der Waals surface area contributed by atoms with E-state index in [2.05, 4.69) is 0 Å². The minimum Gasteiger partial charge on any atom is -0.480 e. The van der Waals surface area contributed by atoms with Crippen LogP contribution < -0.4 is 5.73 Å². The molecular formula is C7H13ClF3NO3. The summed E-state index contributed by atoms with van der Waals surface area (Å²) in [5.41, 5.74) is 4.93. The van der Waals surface area contributed by atoms with E-state index in [9.17, 15) is 18.0 Å². The first-order valence-electron chi connectivity index (χ1n) is 3.89. The van der Waals surface area contributed by atoms with Crippen molar-refractivity contribution in [1.82, 2.24) is 0 Å². The number of nitrogens with two attached hydrogens (primary N) is 1. The molecule has 0 amide bonds. The van der Waals surface area contributed by atoms with Gasteiger partial charge in [0.1, 0.15) is 6.04 Å². The fourth-order valence-corrected chi connectivity index (χ4v) is 0.807. The maximum atomic E-state index is 12.0. The van der Waals surface area contributed by atoms with E-state index in [1.807, 2.05) is 0 Å². The molecule has 0 saturated carbocycles. The van der Waals surface area contributed by atoms with Gasteiger partial charge in [-0.05, 0) is 6.42 Å². The standard InChI is InChI=1S/C7H12F3NO3.ClH/c1-3(7(8,9)10)2-4(12)5(11)6(13)14;/h3-5,12H,2,11H2,1H3,(H,13,14);1H/t3?,4-,5+;/m1./s1. The average molecular weight is 252 g/mol. The van der Waals surface area contributed by atoms with E-state index >= 15 is 0 Å². The van der Waals surface area contributed by atoms with Crippen LogP contribution >= 0.6 is 12.4 Å². The number of carboxylic acids is 1. The predicted molar refractivity (Wildman–Crippen MR) is 48.7 cm³/mol. The lowest BCUT2D eigenvalue weighted by Gasteiger charge is -2.21.